The molecule has 0 aliphatic rings. The zero-order valence-corrected chi connectivity index (χ0v) is 12.4. The molecule has 2 aromatic heterocycles. The minimum Gasteiger partial charge on any atom is -0.307 e. The molecule has 0 saturated carbocycles. The average molecular weight is 291 g/mol. The summed E-state index contributed by atoms with van der Waals surface area (Å²) >= 11 is 0. The molecule has 0 aliphatic heterocycles. The van der Waals surface area contributed by atoms with Crippen molar-refractivity contribution in [2.45, 2.75) is 6.92 Å². The Labute approximate surface area is 129 Å². The Hall–Kier alpha value is -3.01. The number of allylic oxidation sites excluding steroid dienone is 5. The maximum Gasteiger partial charge on any atom is 0.258 e. The molecular weight excluding hydrogens is 274 g/mol. The van der Waals surface area contributed by atoms with E-state index in [1.54, 1.807) is 36.7 Å². The molecule has 0 unspecified atom stereocenters. The van der Waals surface area contributed by atoms with Crippen LogP contribution in [-0.4, -0.2) is 15.9 Å². The van der Waals surface area contributed by atoms with Gasteiger partial charge in [0.25, 0.3) is 5.91 Å². The number of nitrogens with zero attached hydrogens (tertiary/aromatic N) is 2. The third kappa shape index (κ3) is 4.24. The summed E-state index contributed by atoms with van der Waals surface area (Å²) < 4.78 is 0. The van der Waals surface area contributed by atoms with E-state index in [0.717, 1.165) is 11.1 Å². The van der Waals surface area contributed by atoms with Gasteiger partial charge in [0.2, 0.25) is 0 Å². The van der Waals surface area contributed by atoms with Gasteiger partial charge in [-0.25, -0.2) is 4.98 Å². The Morgan fingerprint density at radius 2 is 2.05 bits per heavy atom. The molecule has 22 heavy (non-hydrogen) atoms. The van der Waals surface area contributed by atoms with Gasteiger partial charge in [0, 0.05) is 18.6 Å². The standard InChI is InChI=1S/C18H17N3O/c1-3-4-5-7-14(2)15-9-10-17(20-13-15)21-18(22)16-8-6-11-19-12-16/h3-13H,1H2,2H3,(H,20,21,22)/b5-4-,14-7+. The van der Waals surface area contributed by atoms with Crippen LogP contribution in [0.15, 0.2) is 73.7 Å². The van der Waals surface area contributed by atoms with Crippen LogP contribution in [0.2, 0.25) is 0 Å². The Bertz CT molecular complexity index is 701. The second-order valence-corrected chi connectivity index (χ2v) is 4.60. The molecule has 1 N–H and O–H groups in total. The highest BCUT2D eigenvalue weighted by Gasteiger charge is 2.06. The lowest BCUT2D eigenvalue weighted by atomic mass is 10.1. The molecule has 1 amide bonds. The van der Waals surface area contributed by atoms with Gasteiger partial charge in [-0.1, -0.05) is 30.9 Å². The van der Waals surface area contributed by atoms with Gasteiger partial charge in [-0.2, -0.15) is 0 Å². The molecule has 2 aromatic rings. The molecular formula is C18H17N3O. The Morgan fingerprint density at radius 3 is 2.68 bits per heavy atom. The fourth-order valence-electron chi connectivity index (χ4n) is 1.76. The molecule has 2 heterocycles. The van der Waals surface area contributed by atoms with E-state index in [9.17, 15) is 4.79 Å². The molecule has 2 rings (SSSR count). The molecule has 0 saturated heterocycles. The van der Waals surface area contributed by atoms with Gasteiger partial charge in [-0.15, -0.1) is 0 Å². The van der Waals surface area contributed by atoms with Gasteiger partial charge < -0.3 is 5.32 Å². The van der Waals surface area contributed by atoms with Gasteiger partial charge in [0.05, 0.1) is 5.56 Å². The van der Waals surface area contributed by atoms with Gasteiger partial charge >= 0.3 is 0 Å². The van der Waals surface area contributed by atoms with E-state index in [0.29, 0.717) is 11.4 Å². The number of amides is 1. The number of aromatic nitrogens is 2. The highest BCUT2D eigenvalue weighted by atomic mass is 16.1. The molecule has 0 atom stereocenters. The van der Waals surface area contributed by atoms with Crippen LogP contribution in [-0.2, 0) is 0 Å². The van der Waals surface area contributed by atoms with Crippen molar-refractivity contribution in [3.05, 3.63) is 84.9 Å². The van der Waals surface area contributed by atoms with E-state index in [1.165, 1.54) is 6.20 Å². The van der Waals surface area contributed by atoms with Gasteiger partial charge in [0.15, 0.2) is 0 Å². The van der Waals surface area contributed by atoms with Crippen LogP contribution in [0.5, 0.6) is 0 Å². The summed E-state index contributed by atoms with van der Waals surface area (Å²) in [6.07, 6.45) is 12.3. The van der Waals surface area contributed by atoms with Crippen LogP contribution >= 0.6 is 0 Å². The second-order valence-electron chi connectivity index (χ2n) is 4.60. The number of rotatable bonds is 5. The highest BCUT2D eigenvalue weighted by Crippen LogP contribution is 2.15. The number of carbonyl (C=O) groups is 1. The lowest BCUT2D eigenvalue weighted by Gasteiger charge is -2.05. The molecule has 4 heteroatoms. The van der Waals surface area contributed by atoms with E-state index in [1.807, 2.05) is 31.2 Å². The van der Waals surface area contributed by atoms with Crippen molar-refractivity contribution in [1.29, 1.82) is 0 Å². The largest absolute Gasteiger partial charge is 0.307 e. The number of nitrogens with one attached hydrogen (secondary N) is 1. The van der Waals surface area contributed by atoms with Crippen molar-refractivity contribution in [3.63, 3.8) is 0 Å². The number of hydrogen-bond acceptors (Lipinski definition) is 3. The van der Waals surface area contributed by atoms with Crippen LogP contribution in [0.4, 0.5) is 5.82 Å². The fraction of sp³-hybridized carbons (Fsp3) is 0.0556. The Balaban J connectivity index is 2.06. The van der Waals surface area contributed by atoms with Gasteiger partial charge in [-0.3, -0.25) is 9.78 Å². The third-order valence-corrected chi connectivity index (χ3v) is 2.98. The molecule has 0 spiro atoms. The fourth-order valence-corrected chi connectivity index (χ4v) is 1.76. The summed E-state index contributed by atoms with van der Waals surface area (Å²) in [5, 5.41) is 2.74. The minimum atomic E-state index is -0.227. The van der Waals surface area contributed by atoms with Crippen molar-refractivity contribution in [3.8, 4) is 0 Å². The van der Waals surface area contributed by atoms with E-state index in [4.69, 9.17) is 0 Å². The molecule has 0 aliphatic carbocycles. The minimum absolute atomic E-state index is 0.227. The molecule has 4 nitrogen and oxygen atoms in total. The quantitative estimate of drug-likeness (QED) is 0.851. The first-order chi connectivity index (χ1) is 10.7. The van der Waals surface area contributed by atoms with Crippen molar-refractivity contribution in [1.82, 2.24) is 9.97 Å². The Morgan fingerprint density at radius 1 is 1.18 bits per heavy atom. The van der Waals surface area contributed by atoms with Crippen molar-refractivity contribution >= 4 is 17.3 Å². The monoisotopic (exact) mass is 291 g/mol. The average Bonchev–Trinajstić information content (AvgIpc) is 2.56. The first kappa shape index (κ1) is 15.4. The lowest BCUT2D eigenvalue weighted by Crippen LogP contribution is -2.13. The third-order valence-electron chi connectivity index (χ3n) is 2.98. The maximum atomic E-state index is 12.0. The number of anilines is 1. The smallest absolute Gasteiger partial charge is 0.258 e. The van der Waals surface area contributed by atoms with Crippen LogP contribution in [0.25, 0.3) is 5.57 Å². The number of pyridine rings is 2. The number of hydrogen-bond donors (Lipinski definition) is 1. The van der Waals surface area contributed by atoms with Crippen molar-refractivity contribution in [2.75, 3.05) is 5.32 Å². The van der Waals surface area contributed by atoms with Crippen molar-refractivity contribution in [2.24, 2.45) is 0 Å². The molecule has 0 radical (unpaired) electrons. The van der Waals surface area contributed by atoms with Gasteiger partial charge in [-0.05, 0) is 42.3 Å². The first-order valence-corrected chi connectivity index (χ1v) is 6.84. The summed E-state index contributed by atoms with van der Waals surface area (Å²) in [6.45, 7) is 5.62. The summed E-state index contributed by atoms with van der Waals surface area (Å²) in [4.78, 5) is 20.2. The zero-order chi connectivity index (χ0) is 15.8. The summed E-state index contributed by atoms with van der Waals surface area (Å²) in [7, 11) is 0. The van der Waals surface area contributed by atoms with Crippen LogP contribution in [0.3, 0.4) is 0 Å². The van der Waals surface area contributed by atoms with E-state index < -0.39 is 0 Å². The Kier molecular flexibility index (Phi) is 5.37. The second kappa shape index (κ2) is 7.69. The predicted molar refractivity (Wildman–Crippen MR) is 89.4 cm³/mol. The topological polar surface area (TPSA) is 54.9 Å². The van der Waals surface area contributed by atoms with Gasteiger partial charge in [0.1, 0.15) is 5.82 Å². The molecule has 110 valence electrons. The highest BCUT2D eigenvalue weighted by molar-refractivity contribution is 6.03. The first-order valence-electron chi connectivity index (χ1n) is 6.84. The SMILES string of the molecule is C=C/C=C\C=C(/C)c1ccc(NC(=O)c2cccnc2)nc1. The van der Waals surface area contributed by atoms with E-state index >= 15 is 0 Å². The molecule has 0 bridgehead atoms. The van der Waals surface area contributed by atoms with Crippen LogP contribution in [0.1, 0.15) is 22.8 Å². The molecule has 0 aromatic carbocycles. The lowest BCUT2D eigenvalue weighted by molar-refractivity contribution is 0.102. The summed E-state index contributed by atoms with van der Waals surface area (Å²) in [5.74, 6) is 0.279. The van der Waals surface area contributed by atoms with Crippen LogP contribution in [0, 0.1) is 0 Å². The van der Waals surface area contributed by atoms with E-state index in [-0.39, 0.29) is 5.91 Å². The number of carbonyl (C=O) groups excluding carboxylic acids is 1. The predicted octanol–water partition coefficient (Wildman–Crippen LogP) is 3.87. The van der Waals surface area contributed by atoms with E-state index in [2.05, 4.69) is 21.9 Å². The van der Waals surface area contributed by atoms with Crippen molar-refractivity contribution < 1.29 is 4.79 Å². The van der Waals surface area contributed by atoms with Crippen LogP contribution < -0.4 is 5.32 Å². The molecule has 0 fully saturated rings. The zero-order valence-electron chi connectivity index (χ0n) is 12.4. The summed E-state index contributed by atoms with van der Waals surface area (Å²) in [6, 6.07) is 7.11. The normalized spacial score (nSPS) is 11.4. The maximum absolute atomic E-state index is 12.0. The summed E-state index contributed by atoms with van der Waals surface area (Å²) in [5.41, 5.74) is 2.57.